The van der Waals surface area contributed by atoms with E-state index in [1.165, 1.54) is 0 Å². The van der Waals surface area contributed by atoms with Gasteiger partial charge in [0, 0.05) is 49.6 Å². The molecule has 0 amide bonds. The highest BCUT2D eigenvalue weighted by molar-refractivity contribution is 5.79. The predicted molar refractivity (Wildman–Crippen MR) is 145 cm³/mol. The van der Waals surface area contributed by atoms with Gasteiger partial charge in [0.1, 0.15) is 11.8 Å². The van der Waals surface area contributed by atoms with Crippen LogP contribution in [-0.2, 0) is 11.3 Å². The molecule has 1 N–H and O–H groups in total. The van der Waals surface area contributed by atoms with E-state index >= 15 is 0 Å². The van der Waals surface area contributed by atoms with Gasteiger partial charge >= 0.3 is 0 Å². The van der Waals surface area contributed by atoms with Gasteiger partial charge in [-0.3, -0.25) is 9.69 Å². The van der Waals surface area contributed by atoms with E-state index in [0.717, 1.165) is 73.5 Å². The highest BCUT2D eigenvalue weighted by atomic mass is 16.5. The van der Waals surface area contributed by atoms with Crippen molar-refractivity contribution in [2.45, 2.75) is 38.5 Å². The number of nitrogens with one attached hydrogen (secondary N) is 1. The Labute approximate surface area is 221 Å². The van der Waals surface area contributed by atoms with Crippen LogP contribution >= 0.6 is 0 Å². The van der Waals surface area contributed by atoms with Crippen molar-refractivity contribution in [1.29, 1.82) is 0 Å². The Bertz CT molecular complexity index is 1450. The largest absolute Gasteiger partial charge is 0.497 e. The molecule has 0 spiro atoms. The summed E-state index contributed by atoms with van der Waals surface area (Å²) in [4.78, 5) is 21.3. The zero-order valence-corrected chi connectivity index (χ0v) is 21.8. The minimum absolute atomic E-state index is 0.0855. The Hall–Kier alpha value is -3.76. The van der Waals surface area contributed by atoms with Gasteiger partial charge in [-0.15, -0.1) is 5.10 Å². The number of piperazine rings is 1. The van der Waals surface area contributed by atoms with Crippen LogP contribution in [0, 0.1) is 6.92 Å². The van der Waals surface area contributed by atoms with Gasteiger partial charge in [0.25, 0.3) is 5.56 Å². The quantitative estimate of drug-likeness (QED) is 0.401. The molecule has 4 aromatic rings. The number of H-pyrrole nitrogens is 1. The van der Waals surface area contributed by atoms with Gasteiger partial charge in [0.2, 0.25) is 0 Å². The molecule has 198 valence electrons. The van der Waals surface area contributed by atoms with Crippen LogP contribution in [0.4, 0.5) is 5.69 Å². The first kappa shape index (κ1) is 24.6. The van der Waals surface area contributed by atoms with Crippen LogP contribution in [0.15, 0.2) is 53.3 Å². The van der Waals surface area contributed by atoms with E-state index in [1.54, 1.807) is 7.11 Å². The van der Waals surface area contributed by atoms with Crippen molar-refractivity contribution in [2.24, 2.45) is 0 Å². The minimum atomic E-state index is -0.377. The van der Waals surface area contributed by atoms with E-state index < -0.39 is 0 Å². The first-order chi connectivity index (χ1) is 18.6. The fourth-order valence-corrected chi connectivity index (χ4v) is 5.60. The molecule has 2 fully saturated rings. The van der Waals surface area contributed by atoms with Gasteiger partial charge in [-0.1, -0.05) is 11.6 Å². The third-order valence-electron chi connectivity index (χ3n) is 7.64. The zero-order chi connectivity index (χ0) is 26.1. The predicted octanol–water partition coefficient (Wildman–Crippen LogP) is 2.92. The van der Waals surface area contributed by atoms with Gasteiger partial charge in [-0.25, -0.2) is 4.68 Å². The first-order valence-electron chi connectivity index (χ1n) is 13.2. The number of rotatable bonds is 7. The third-order valence-corrected chi connectivity index (χ3v) is 7.64. The number of hydrogen-bond acceptors (Lipinski definition) is 8. The van der Waals surface area contributed by atoms with Crippen molar-refractivity contribution in [2.75, 3.05) is 44.8 Å². The van der Waals surface area contributed by atoms with Crippen molar-refractivity contribution >= 4 is 16.6 Å². The molecular weight excluding hydrogens is 482 g/mol. The number of pyridine rings is 1. The average molecular weight is 516 g/mol. The SMILES string of the molecule is COc1ccc(N2CCN([C@H](c3cc4cc(C)ccc4[nH]c3=O)c3nnnn3C[C@@H]3CCCO3)CC2)cc1. The van der Waals surface area contributed by atoms with Gasteiger partial charge < -0.3 is 19.4 Å². The Kier molecular flexibility index (Phi) is 6.82. The standard InChI is InChI=1S/C28H33N7O3/c1-19-5-10-25-20(16-19)17-24(28(36)29-25)26(27-30-31-32-35(27)18-23-4-3-15-38-23)34-13-11-33(12-14-34)21-6-8-22(37-2)9-7-21/h5-10,16-17,23,26H,3-4,11-15,18H2,1-2H3,(H,29,36)/t23-,26+/m0/s1. The summed E-state index contributed by atoms with van der Waals surface area (Å²) in [5.41, 5.74) is 3.67. The average Bonchev–Trinajstić information content (AvgIpc) is 3.63. The molecule has 10 nitrogen and oxygen atoms in total. The molecule has 0 bridgehead atoms. The highest BCUT2D eigenvalue weighted by Gasteiger charge is 2.33. The third kappa shape index (κ3) is 4.89. The fraction of sp³-hybridized carbons (Fsp3) is 0.429. The van der Waals surface area contributed by atoms with Crippen molar-refractivity contribution < 1.29 is 9.47 Å². The normalized spacial score (nSPS) is 19.2. The number of benzene rings is 2. The molecule has 2 aromatic carbocycles. The van der Waals surface area contributed by atoms with Crippen LogP contribution in [-0.4, -0.2) is 76.1 Å². The summed E-state index contributed by atoms with van der Waals surface area (Å²) in [6, 6.07) is 15.8. The van der Waals surface area contributed by atoms with E-state index in [2.05, 4.69) is 55.4 Å². The summed E-state index contributed by atoms with van der Waals surface area (Å²) < 4.78 is 13.0. The van der Waals surface area contributed by atoms with E-state index in [9.17, 15) is 4.79 Å². The summed E-state index contributed by atoms with van der Waals surface area (Å²) in [7, 11) is 1.68. The molecule has 0 aliphatic carbocycles. The molecule has 2 aliphatic heterocycles. The molecule has 0 radical (unpaired) electrons. The van der Waals surface area contributed by atoms with Crippen LogP contribution in [0.5, 0.6) is 5.75 Å². The van der Waals surface area contributed by atoms with Crippen LogP contribution in [0.1, 0.15) is 35.8 Å². The lowest BCUT2D eigenvalue weighted by Crippen LogP contribution is -2.49. The molecule has 0 saturated carbocycles. The van der Waals surface area contributed by atoms with E-state index in [1.807, 2.05) is 35.0 Å². The second-order valence-electron chi connectivity index (χ2n) is 10.1. The number of fused-ring (bicyclic) bond motifs is 1. The number of aryl methyl sites for hydroxylation is 1. The van der Waals surface area contributed by atoms with E-state index in [4.69, 9.17) is 9.47 Å². The zero-order valence-electron chi connectivity index (χ0n) is 21.8. The van der Waals surface area contributed by atoms with Crippen LogP contribution in [0.3, 0.4) is 0 Å². The van der Waals surface area contributed by atoms with Gasteiger partial charge in [-0.2, -0.15) is 0 Å². The summed E-state index contributed by atoms with van der Waals surface area (Å²) in [6.07, 6.45) is 2.12. The van der Waals surface area contributed by atoms with Gasteiger partial charge in [0.05, 0.1) is 19.8 Å². The maximum absolute atomic E-state index is 13.5. The second-order valence-corrected chi connectivity index (χ2v) is 10.1. The molecule has 6 rings (SSSR count). The molecule has 10 heteroatoms. The molecule has 2 atom stereocenters. The molecular formula is C28H33N7O3. The van der Waals surface area contributed by atoms with E-state index in [0.29, 0.717) is 17.9 Å². The highest BCUT2D eigenvalue weighted by Crippen LogP contribution is 2.30. The Balaban J connectivity index is 1.34. The Morgan fingerprint density at radius 2 is 1.92 bits per heavy atom. The monoisotopic (exact) mass is 515 g/mol. The Morgan fingerprint density at radius 3 is 2.66 bits per heavy atom. The molecule has 4 heterocycles. The van der Waals surface area contributed by atoms with Crippen molar-refractivity contribution in [3.05, 3.63) is 75.8 Å². The van der Waals surface area contributed by atoms with Crippen molar-refractivity contribution in [1.82, 2.24) is 30.1 Å². The molecule has 0 unspecified atom stereocenters. The maximum Gasteiger partial charge on any atom is 0.253 e. The number of hydrogen-bond donors (Lipinski definition) is 1. The maximum atomic E-state index is 13.5. The lowest BCUT2D eigenvalue weighted by molar-refractivity contribution is 0.0906. The number of tetrazole rings is 1. The number of nitrogens with zero attached hydrogens (tertiary/aromatic N) is 6. The summed E-state index contributed by atoms with van der Waals surface area (Å²) >= 11 is 0. The summed E-state index contributed by atoms with van der Waals surface area (Å²) in [6.45, 7) is 6.56. The molecule has 2 aromatic heterocycles. The van der Waals surface area contributed by atoms with Gasteiger partial charge in [0.15, 0.2) is 5.82 Å². The second kappa shape index (κ2) is 10.5. The van der Waals surface area contributed by atoms with Crippen LogP contribution in [0.25, 0.3) is 10.9 Å². The van der Waals surface area contributed by atoms with Crippen LogP contribution in [0.2, 0.25) is 0 Å². The molecule has 2 aliphatic rings. The lowest BCUT2D eigenvalue weighted by Gasteiger charge is -2.39. The molecule has 38 heavy (non-hydrogen) atoms. The minimum Gasteiger partial charge on any atom is -0.497 e. The number of ether oxygens (including phenoxy) is 2. The van der Waals surface area contributed by atoms with Crippen LogP contribution < -0.4 is 15.2 Å². The smallest absolute Gasteiger partial charge is 0.253 e. The molecule has 2 saturated heterocycles. The number of methoxy groups -OCH3 is 1. The lowest BCUT2D eigenvalue weighted by atomic mass is 10.0. The van der Waals surface area contributed by atoms with Crippen molar-refractivity contribution in [3.63, 3.8) is 0 Å². The first-order valence-corrected chi connectivity index (χ1v) is 13.2. The van der Waals surface area contributed by atoms with Gasteiger partial charge in [-0.05, 0) is 78.0 Å². The number of aromatic nitrogens is 5. The van der Waals surface area contributed by atoms with E-state index in [-0.39, 0.29) is 17.7 Å². The topological polar surface area (TPSA) is 101 Å². The number of aromatic amines is 1. The number of anilines is 1. The summed E-state index contributed by atoms with van der Waals surface area (Å²) in [5.74, 6) is 1.52. The Morgan fingerprint density at radius 1 is 1.11 bits per heavy atom. The fourth-order valence-electron chi connectivity index (χ4n) is 5.60. The summed E-state index contributed by atoms with van der Waals surface area (Å²) in [5, 5.41) is 13.8. The van der Waals surface area contributed by atoms with Crippen molar-refractivity contribution in [3.8, 4) is 5.75 Å².